The molecule has 0 saturated heterocycles. The van der Waals surface area contributed by atoms with E-state index in [1.165, 1.54) is 6.92 Å². The predicted molar refractivity (Wildman–Crippen MR) is 71.1 cm³/mol. The van der Waals surface area contributed by atoms with Gasteiger partial charge in [0.05, 0.1) is 5.69 Å². The zero-order valence-corrected chi connectivity index (χ0v) is 12.4. The number of primary sulfonamides is 1. The van der Waals surface area contributed by atoms with Gasteiger partial charge >= 0.3 is 0 Å². The number of aryl methyl sites for hydroxylation is 1. The quantitative estimate of drug-likeness (QED) is 0.821. The molecule has 0 aliphatic carbocycles. The molecule has 0 aliphatic rings. The second kappa shape index (κ2) is 5.70. The number of aromatic amines is 1. The highest BCUT2D eigenvalue weighted by Gasteiger charge is 2.28. The van der Waals surface area contributed by atoms with Gasteiger partial charge < -0.3 is 4.90 Å². The van der Waals surface area contributed by atoms with Crippen LogP contribution in [0.1, 0.15) is 37.0 Å². The number of rotatable bonds is 5. The van der Waals surface area contributed by atoms with E-state index in [1.54, 1.807) is 4.90 Å². The Labute approximate surface area is 113 Å². The highest BCUT2D eigenvalue weighted by Crippen LogP contribution is 2.18. The fourth-order valence-electron chi connectivity index (χ4n) is 1.86. The Morgan fingerprint density at radius 2 is 2.05 bits per heavy atom. The summed E-state index contributed by atoms with van der Waals surface area (Å²) in [5.74, 6) is -0.147. The third-order valence-corrected chi connectivity index (χ3v) is 3.70. The van der Waals surface area contributed by atoms with Crippen LogP contribution in [0, 0.1) is 12.8 Å². The Kier molecular flexibility index (Phi) is 4.70. The lowest BCUT2D eigenvalue weighted by atomic mass is 10.2. The maximum atomic E-state index is 12.3. The van der Waals surface area contributed by atoms with Gasteiger partial charge in [0.2, 0.25) is 10.0 Å². The lowest BCUT2D eigenvalue weighted by Crippen LogP contribution is -2.35. The largest absolute Gasteiger partial charge is 0.337 e. The molecule has 0 radical (unpaired) electrons. The molecule has 0 saturated carbocycles. The van der Waals surface area contributed by atoms with Gasteiger partial charge in [-0.15, -0.1) is 0 Å². The van der Waals surface area contributed by atoms with Crippen LogP contribution in [0.15, 0.2) is 4.90 Å². The molecule has 1 aromatic rings. The highest BCUT2D eigenvalue weighted by molar-refractivity contribution is 7.89. The molecule has 0 fully saturated rings. The zero-order chi connectivity index (χ0) is 14.8. The summed E-state index contributed by atoms with van der Waals surface area (Å²) in [5.41, 5.74) is 0.133. The fraction of sp³-hybridized carbons (Fsp3) is 0.636. The standard InChI is InChI=1S/C11H20N4O3S/c1-5-15(6-7(2)3)11(16)9-10(19(12,17)18)8(4)13-14-9/h7H,5-6H2,1-4H3,(H,13,14)(H2,12,17,18). The number of H-pyrrole nitrogens is 1. The van der Waals surface area contributed by atoms with Gasteiger partial charge in [0.15, 0.2) is 5.69 Å². The maximum Gasteiger partial charge on any atom is 0.275 e. The molecule has 0 spiro atoms. The number of carbonyl (C=O) groups excluding carboxylic acids is 1. The number of amides is 1. The first kappa shape index (κ1) is 15.6. The predicted octanol–water partition coefficient (Wildman–Crippen LogP) is 0.484. The van der Waals surface area contributed by atoms with Gasteiger partial charge in [0.1, 0.15) is 4.90 Å². The monoisotopic (exact) mass is 288 g/mol. The Hall–Kier alpha value is -1.41. The first-order valence-corrected chi connectivity index (χ1v) is 7.60. The second-order valence-corrected chi connectivity index (χ2v) is 6.31. The fourth-order valence-corrected chi connectivity index (χ4v) is 2.73. The van der Waals surface area contributed by atoms with Crippen LogP contribution in [0.3, 0.4) is 0 Å². The van der Waals surface area contributed by atoms with Crippen molar-refractivity contribution in [3.63, 3.8) is 0 Å². The van der Waals surface area contributed by atoms with E-state index in [0.717, 1.165) is 0 Å². The van der Waals surface area contributed by atoms with E-state index in [2.05, 4.69) is 10.2 Å². The van der Waals surface area contributed by atoms with Crippen molar-refractivity contribution in [1.82, 2.24) is 15.1 Å². The van der Waals surface area contributed by atoms with E-state index in [1.807, 2.05) is 20.8 Å². The van der Waals surface area contributed by atoms with E-state index in [0.29, 0.717) is 13.1 Å². The van der Waals surface area contributed by atoms with Crippen molar-refractivity contribution in [2.45, 2.75) is 32.6 Å². The van der Waals surface area contributed by atoms with Crippen molar-refractivity contribution in [3.05, 3.63) is 11.4 Å². The van der Waals surface area contributed by atoms with Gasteiger partial charge in [-0.05, 0) is 19.8 Å². The molecular formula is C11H20N4O3S. The first-order chi connectivity index (χ1) is 8.68. The van der Waals surface area contributed by atoms with Crippen molar-refractivity contribution in [1.29, 1.82) is 0 Å². The van der Waals surface area contributed by atoms with Gasteiger partial charge in [-0.2, -0.15) is 5.10 Å². The van der Waals surface area contributed by atoms with E-state index in [9.17, 15) is 13.2 Å². The van der Waals surface area contributed by atoms with Crippen LogP contribution in [-0.2, 0) is 10.0 Å². The van der Waals surface area contributed by atoms with Crippen LogP contribution >= 0.6 is 0 Å². The molecule has 1 heterocycles. The molecule has 19 heavy (non-hydrogen) atoms. The molecule has 0 aliphatic heterocycles. The smallest absolute Gasteiger partial charge is 0.275 e. The van der Waals surface area contributed by atoms with Gasteiger partial charge in [-0.25, -0.2) is 13.6 Å². The molecule has 8 heteroatoms. The third-order valence-electron chi connectivity index (χ3n) is 2.63. The second-order valence-electron chi connectivity index (χ2n) is 4.81. The number of nitrogens with two attached hydrogens (primary N) is 1. The molecule has 0 unspecified atom stereocenters. The van der Waals surface area contributed by atoms with Crippen LogP contribution in [0.2, 0.25) is 0 Å². The molecule has 108 valence electrons. The number of sulfonamides is 1. The summed E-state index contributed by atoms with van der Waals surface area (Å²) in [7, 11) is -3.98. The molecule has 1 amide bonds. The van der Waals surface area contributed by atoms with Crippen LogP contribution in [0.5, 0.6) is 0 Å². The molecule has 0 atom stereocenters. The Balaban J connectivity index is 3.20. The number of nitrogens with zero attached hydrogens (tertiary/aromatic N) is 2. The number of hydrogen-bond donors (Lipinski definition) is 2. The number of hydrogen-bond acceptors (Lipinski definition) is 4. The molecule has 3 N–H and O–H groups in total. The summed E-state index contributed by atoms with van der Waals surface area (Å²) in [4.78, 5) is 13.6. The Morgan fingerprint density at radius 3 is 2.47 bits per heavy atom. The average molecular weight is 288 g/mol. The van der Waals surface area contributed by atoms with Crippen molar-refractivity contribution in [2.75, 3.05) is 13.1 Å². The SMILES string of the molecule is CCN(CC(C)C)C(=O)c1n[nH]c(C)c1S(N)(=O)=O. The molecule has 1 rings (SSSR count). The summed E-state index contributed by atoms with van der Waals surface area (Å²) < 4.78 is 23.0. The zero-order valence-electron chi connectivity index (χ0n) is 11.6. The van der Waals surface area contributed by atoms with Gasteiger partial charge in [0, 0.05) is 13.1 Å². The van der Waals surface area contributed by atoms with Crippen LogP contribution in [0.25, 0.3) is 0 Å². The Morgan fingerprint density at radius 1 is 1.47 bits per heavy atom. The maximum absolute atomic E-state index is 12.3. The number of aromatic nitrogens is 2. The third kappa shape index (κ3) is 3.54. The summed E-state index contributed by atoms with van der Waals surface area (Å²) in [6.07, 6.45) is 0. The van der Waals surface area contributed by atoms with E-state index in [4.69, 9.17) is 5.14 Å². The summed E-state index contributed by atoms with van der Waals surface area (Å²) in [6.45, 7) is 8.32. The lowest BCUT2D eigenvalue weighted by molar-refractivity contribution is 0.0736. The lowest BCUT2D eigenvalue weighted by Gasteiger charge is -2.22. The molecule has 0 aromatic carbocycles. The van der Waals surface area contributed by atoms with Crippen LogP contribution < -0.4 is 5.14 Å². The minimum Gasteiger partial charge on any atom is -0.337 e. The van der Waals surface area contributed by atoms with E-state index >= 15 is 0 Å². The van der Waals surface area contributed by atoms with Crippen LogP contribution in [-0.4, -0.2) is 42.5 Å². The van der Waals surface area contributed by atoms with Crippen molar-refractivity contribution < 1.29 is 13.2 Å². The Bertz CT molecular complexity index is 562. The minimum absolute atomic E-state index is 0.137. The summed E-state index contributed by atoms with van der Waals surface area (Å²) in [6, 6.07) is 0. The van der Waals surface area contributed by atoms with Gasteiger partial charge in [-0.1, -0.05) is 13.8 Å². The van der Waals surface area contributed by atoms with Crippen LogP contribution in [0.4, 0.5) is 0 Å². The first-order valence-electron chi connectivity index (χ1n) is 6.05. The molecular weight excluding hydrogens is 268 g/mol. The average Bonchev–Trinajstić information content (AvgIpc) is 2.66. The number of nitrogens with one attached hydrogen (secondary N) is 1. The topological polar surface area (TPSA) is 109 Å². The van der Waals surface area contributed by atoms with Gasteiger partial charge in [-0.3, -0.25) is 9.89 Å². The van der Waals surface area contributed by atoms with E-state index < -0.39 is 15.9 Å². The minimum atomic E-state index is -3.98. The van der Waals surface area contributed by atoms with Crippen molar-refractivity contribution >= 4 is 15.9 Å². The number of carbonyl (C=O) groups is 1. The summed E-state index contributed by atoms with van der Waals surface area (Å²) in [5, 5.41) is 11.4. The van der Waals surface area contributed by atoms with E-state index in [-0.39, 0.29) is 22.2 Å². The van der Waals surface area contributed by atoms with Gasteiger partial charge in [0.25, 0.3) is 5.91 Å². The highest BCUT2D eigenvalue weighted by atomic mass is 32.2. The normalized spacial score (nSPS) is 11.9. The summed E-state index contributed by atoms with van der Waals surface area (Å²) >= 11 is 0. The molecule has 1 aromatic heterocycles. The van der Waals surface area contributed by atoms with Crippen molar-refractivity contribution in [2.24, 2.45) is 11.1 Å². The molecule has 7 nitrogen and oxygen atoms in total. The molecule has 0 bridgehead atoms. The van der Waals surface area contributed by atoms with Crippen molar-refractivity contribution in [3.8, 4) is 0 Å².